The molecule has 3 N–H and O–H groups in total. The van der Waals surface area contributed by atoms with Crippen molar-refractivity contribution in [1.29, 1.82) is 0 Å². The summed E-state index contributed by atoms with van der Waals surface area (Å²) < 4.78 is 26.8. The summed E-state index contributed by atoms with van der Waals surface area (Å²) in [4.78, 5) is 10.2. The molecule has 9 heteroatoms. The van der Waals surface area contributed by atoms with Crippen molar-refractivity contribution in [1.82, 2.24) is 4.72 Å². The number of rotatable bonds is 6. The first-order valence-electron chi connectivity index (χ1n) is 6.15. The summed E-state index contributed by atoms with van der Waals surface area (Å²) in [5, 5.41) is 29.0. The first-order valence-corrected chi connectivity index (χ1v) is 7.63. The lowest BCUT2D eigenvalue weighted by Crippen LogP contribution is -2.40. The minimum Gasteiger partial charge on any atom is -0.395 e. The standard InChI is InChI=1S/C12H18N2O6S/c1-7-4-8(2)12(9(3)11(7)14(17)18)21(19,20)13-10(5-15)6-16/h4,10,13,15-16H,5-6H2,1-3H3. The number of aryl methyl sites for hydroxylation is 2. The van der Waals surface area contributed by atoms with E-state index in [0.717, 1.165) is 0 Å². The molecule has 0 spiro atoms. The Hall–Kier alpha value is -1.55. The number of nitrogens with zero attached hydrogens (tertiary/aromatic N) is 1. The molecule has 0 unspecified atom stereocenters. The highest BCUT2D eigenvalue weighted by atomic mass is 32.2. The number of nitrogens with one attached hydrogen (secondary N) is 1. The number of aliphatic hydroxyl groups is 2. The molecular formula is C12H18N2O6S. The van der Waals surface area contributed by atoms with Gasteiger partial charge in [0.2, 0.25) is 10.0 Å². The van der Waals surface area contributed by atoms with Gasteiger partial charge in [-0.3, -0.25) is 10.1 Å². The number of hydrogen-bond donors (Lipinski definition) is 3. The van der Waals surface area contributed by atoms with E-state index in [0.29, 0.717) is 11.1 Å². The zero-order chi connectivity index (χ0) is 16.4. The molecule has 0 aromatic heterocycles. The summed E-state index contributed by atoms with van der Waals surface area (Å²) in [6.45, 7) is 3.26. The van der Waals surface area contributed by atoms with Crippen LogP contribution in [-0.4, -0.2) is 42.8 Å². The Bertz CT molecular complexity index is 652. The average Bonchev–Trinajstić information content (AvgIpc) is 2.34. The van der Waals surface area contributed by atoms with Gasteiger partial charge in [0.15, 0.2) is 0 Å². The summed E-state index contributed by atoms with van der Waals surface area (Å²) in [7, 11) is -4.09. The van der Waals surface area contributed by atoms with Gasteiger partial charge in [-0.25, -0.2) is 13.1 Å². The lowest BCUT2D eigenvalue weighted by atomic mass is 10.1. The van der Waals surface area contributed by atoms with Crippen LogP contribution in [0, 0.1) is 30.9 Å². The van der Waals surface area contributed by atoms with Crippen LogP contribution in [0.15, 0.2) is 11.0 Å². The summed E-state index contributed by atoms with van der Waals surface area (Å²) in [5.74, 6) is 0. The molecule has 0 saturated heterocycles. The van der Waals surface area contributed by atoms with Crippen molar-refractivity contribution in [3.05, 3.63) is 32.9 Å². The largest absolute Gasteiger partial charge is 0.395 e. The summed E-state index contributed by atoms with van der Waals surface area (Å²) >= 11 is 0. The van der Waals surface area contributed by atoms with Gasteiger partial charge in [0, 0.05) is 11.1 Å². The highest BCUT2D eigenvalue weighted by molar-refractivity contribution is 7.89. The molecule has 0 amide bonds. The van der Waals surface area contributed by atoms with Crippen LogP contribution in [-0.2, 0) is 10.0 Å². The third-order valence-corrected chi connectivity index (χ3v) is 4.88. The van der Waals surface area contributed by atoms with Crippen molar-refractivity contribution in [2.24, 2.45) is 0 Å². The fourth-order valence-corrected chi connectivity index (χ4v) is 3.95. The van der Waals surface area contributed by atoms with Crippen molar-refractivity contribution in [2.45, 2.75) is 31.7 Å². The molecule has 0 atom stereocenters. The lowest BCUT2D eigenvalue weighted by molar-refractivity contribution is -0.386. The second-order valence-corrected chi connectivity index (χ2v) is 6.40. The maximum absolute atomic E-state index is 12.3. The smallest absolute Gasteiger partial charge is 0.276 e. The van der Waals surface area contributed by atoms with E-state index in [9.17, 15) is 18.5 Å². The lowest BCUT2D eigenvalue weighted by Gasteiger charge is -2.17. The third-order valence-electron chi connectivity index (χ3n) is 3.07. The second-order valence-electron chi connectivity index (χ2n) is 4.75. The molecule has 1 aromatic carbocycles. The number of nitro groups is 1. The topological polar surface area (TPSA) is 130 Å². The summed E-state index contributed by atoms with van der Waals surface area (Å²) in [5.41, 5.74) is 0.498. The molecule has 1 rings (SSSR count). The van der Waals surface area contributed by atoms with Gasteiger partial charge in [-0.15, -0.1) is 0 Å². The zero-order valence-corrected chi connectivity index (χ0v) is 12.8. The van der Waals surface area contributed by atoms with Crippen LogP contribution in [0.25, 0.3) is 0 Å². The van der Waals surface area contributed by atoms with Gasteiger partial charge in [0.05, 0.1) is 29.1 Å². The van der Waals surface area contributed by atoms with Crippen LogP contribution in [0.4, 0.5) is 5.69 Å². The van der Waals surface area contributed by atoms with Gasteiger partial charge in [-0.2, -0.15) is 0 Å². The molecule has 1 aromatic rings. The van der Waals surface area contributed by atoms with E-state index >= 15 is 0 Å². The fourth-order valence-electron chi connectivity index (χ4n) is 2.26. The van der Waals surface area contributed by atoms with Gasteiger partial charge in [-0.05, 0) is 32.4 Å². The minimum absolute atomic E-state index is 0.0274. The highest BCUT2D eigenvalue weighted by Crippen LogP contribution is 2.31. The average molecular weight is 318 g/mol. The van der Waals surface area contributed by atoms with Gasteiger partial charge >= 0.3 is 0 Å². The van der Waals surface area contributed by atoms with Gasteiger partial charge in [0.25, 0.3) is 5.69 Å². The molecule has 0 heterocycles. The Kier molecular flexibility index (Phi) is 5.40. The van der Waals surface area contributed by atoms with Gasteiger partial charge < -0.3 is 10.2 Å². The number of benzene rings is 1. The molecule has 0 aliphatic carbocycles. The highest BCUT2D eigenvalue weighted by Gasteiger charge is 2.29. The minimum atomic E-state index is -4.09. The van der Waals surface area contributed by atoms with E-state index < -0.39 is 34.2 Å². The monoisotopic (exact) mass is 318 g/mol. The molecule has 0 aliphatic rings. The SMILES string of the molecule is Cc1cc(C)c(S(=O)(=O)NC(CO)CO)c(C)c1[N+](=O)[O-]. The second kappa shape index (κ2) is 6.48. The number of hydrogen-bond acceptors (Lipinski definition) is 6. The first-order chi connectivity index (χ1) is 9.65. The molecule has 0 fully saturated rings. The van der Waals surface area contributed by atoms with Crippen molar-refractivity contribution in [3.63, 3.8) is 0 Å². The number of aliphatic hydroxyl groups excluding tert-OH is 2. The van der Waals surface area contributed by atoms with E-state index in [1.54, 1.807) is 0 Å². The fraction of sp³-hybridized carbons (Fsp3) is 0.500. The Morgan fingerprint density at radius 1 is 1.24 bits per heavy atom. The molecule has 0 aliphatic heterocycles. The van der Waals surface area contributed by atoms with Crippen molar-refractivity contribution in [3.8, 4) is 0 Å². The van der Waals surface area contributed by atoms with E-state index in [1.807, 2.05) is 0 Å². The van der Waals surface area contributed by atoms with Crippen molar-refractivity contribution >= 4 is 15.7 Å². The van der Waals surface area contributed by atoms with E-state index in [4.69, 9.17) is 10.2 Å². The molecule has 0 bridgehead atoms. The summed E-state index contributed by atoms with van der Waals surface area (Å²) in [6.07, 6.45) is 0. The van der Waals surface area contributed by atoms with Crippen LogP contribution in [0.2, 0.25) is 0 Å². The predicted molar refractivity (Wildman–Crippen MR) is 75.6 cm³/mol. The van der Waals surface area contributed by atoms with Crippen LogP contribution in [0.5, 0.6) is 0 Å². The quantitative estimate of drug-likeness (QED) is 0.506. The predicted octanol–water partition coefficient (Wildman–Crippen LogP) is 0.152. The van der Waals surface area contributed by atoms with Crippen LogP contribution in [0.3, 0.4) is 0 Å². The Labute approximate surface area is 122 Å². The van der Waals surface area contributed by atoms with Crippen molar-refractivity contribution < 1.29 is 23.6 Å². The Morgan fingerprint density at radius 3 is 2.19 bits per heavy atom. The zero-order valence-electron chi connectivity index (χ0n) is 12.0. The Morgan fingerprint density at radius 2 is 1.76 bits per heavy atom. The van der Waals surface area contributed by atoms with E-state index in [-0.39, 0.29) is 16.1 Å². The molecule has 0 saturated carbocycles. The first kappa shape index (κ1) is 17.5. The van der Waals surface area contributed by atoms with Crippen LogP contribution < -0.4 is 4.72 Å². The maximum atomic E-state index is 12.3. The molecule has 0 radical (unpaired) electrons. The maximum Gasteiger partial charge on any atom is 0.276 e. The van der Waals surface area contributed by atoms with E-state index in [1.165, 1.54) is 26.8 Å². The molecule has 118 valence electrons. The third kappa shape index (κ3) is 3.56. The van der Waals surface area contributed by atoms with Gasteiger partial charge in [0.1, 0.15) is 0 Å². The normalized spacial score (nSPS) is 11.9. The number of sulfonamides is 1. The summed E-state index contributed by atoms with van der Waals surface area (Å²) in [6, 6.07) is 0.362. The van der Waals surface area contributed by atoms with Crippen LogP contribution >= 0.6 is 0 Å². The van der Waals surface area contributed by atoms with E-state index in [2.05, 4.69) is 4.72 Å². The van der Waals surface area contributed by atoms with Gasteiger partial charge in [-0.1, -0.05) is 0 Å². The van der Waals surface area contributed by atoms with Crippen molar-refractivity contribution in [2.75, 3.05) is 13.2 Å². The molecular weight excluding hydrogens is 300 g/mol. The number of nitro benzene ring substituents is 1. The van der Waals surface area contributed by atoms with Crippen LogP contribution in [0.1, 0.15) is 16.7 Å². The Balaban J connectivity index is 3.49. The molecule has 8 nitrogen and oxygen atoms in total. The molecule has 21 heavy (non-hydrogen) atoms.